The van der Waals surface area contributed by atoms with Gasteiger partial charge in [0.15, 0.2) is 0 Å². The molecular weight excluding hydrogens is 290 g/mol. The largest absolute Gasteiger partial charge is 0.283 e. The Labute approximate surface area is 133 Å². The molecule has 0 saturated heterocycles. The second-order valence-corrected chi connectivity index (χ2v) is 4.95. The van der Waals surface area contributed by atoms with Crippen LogP contribution in [0.5, 0.6) is 0 Å². The van der Waals surface area contributed by atoms with Gasteiger partial charge in [-0.3, -0.25) is 14.6 Å². The summed E-state index contributed by atoms with van der Waals surface area (Å²) in [6, 6.07) is 15.3. The highest BCUT2D eigenvalue weighted by molar-refractivity contribution is 6.48. The minimum absolute atomic E-state index is 0.0847. The third-order valence-electron chi connectivity index (χ3n) is 3.24. The third-order valence-corrected chi connectivity index (χ3v) is 3.24. The number of hydrogen-bond acceptors (Lipinski definition) is 5. The molecule has 3 aromatic rings. The highest BCUT2D eigenvalue weighted by Crippen LogP contribution is 2.15. The molecular formula is C18H13N3O2. The van der Waals surface area contributed by atoms with Gasteiger partial charge in [-0.1, -0.05) is 18.2 Å². The Morgan fingerprint density at radius 2 is 1.39 bits per heavy atom. The van der Waals surface area contributed by atoms with Crippen LogP contribution in [0.15, 0.2) is 60.8 Å². The minimum atomic E-state index is -0.680. The lowest BCUT2D eigenvalue weighted by atomic mass is 10.1. The van der Waals surface area contributed by atoms with Crippen LogP contribution in [0.3, 0.4) is 0 Å². The molecule has 0 fully saturated rings. The Balaban J connectivity index is 1.93. The van der Waals surface area contributed by atoms with E-state index in [-0.39, 0.29) is 11.4 Å². The number of ketones is 2. The van der Waals surface area contributed by atoms with E-state index in [1.54, 1.807) is 49.5 Å². The Bertz CT molecular complexity index is 876. The maximum Gasteiger partial charge on any atom is 0.253 e. The highest BCUT2D eigenvalue weighted by Gasteiger charge is 2.21. The van der Waals surface area contributed by atoms with Crippen LogP contribution < -0.4 is 0 Å². The molecule has 0 spiro atoms. The van der Waals surface area contributed by atoms with E-state index in [1.807, 2.05) is 6.07 Å². The fourth-order valence-electron chi connectivity index (χ4n) is 2.12. The van der Waals surface area contributed by atoms with Gasteiger partial charge in [-0.15, -0.1) is 0 Å². The van der Waals surface area contributed by atoms with Crippen LogP contribution >= 0.6 is 0 Å². The van der Waals surface area contributed by atoms with Gasteiger partial charge in [0, 0.05) is 11.9 Å². The number of rotatable bonds is 4. The monoisotopic (exact) mass is 303 g/mol. The summed E-state index contributed by atoms with van der Waals surface area (Å²) in [4.78, 5) is 37.2. The van der Waals surface area contributed by atoms with Gasteiger partial charge in [0.05, 0.1) is 11.4 Å². The molecule has 0 aliphatic carbocycles. The third kappa shape index (κ3) is 3.18. The minimum Gasteiger partial charge on any atom is -0.283 e. The molecule has 0 amide bonds. The van der Waals surface area contributed by atoms with Crippen molar-refractivity contribution in [1.29, 1.82) is 0 Å². The lowest BCUT2D eigenvalue weighted by Crippen LogP contribution is -2.17. The standard InChI is InChI=1S/C18H13N3O2/c1-12-6-4-9-15(20-12)17(22)18(23)16-10-5-8-14(21-16)13-7-2-3-11-19-13/h2-11H,1H3. The number of aromatic nitrogens is 3. The van der Waals surface area contributed by atoms with Crippen LogP contribution in [0, 0.1) is 6.92 Å². The molecule has 0 aromatic carbocycles. The first-order chi connectivity index (χ1) is 11.1. The van der Waals surface area contributed by atoms with Crippen LogP contribution in [-0.2, 0) is 0 Å². The maximum atomic E-state index is 12.4. The number of carbonyl (C=O) groups excluding carboxylic acids is 2. The smallest absolute Gasteiger partial charge is 0.253 e. The Hall–Kier alpha value is -3.21. The lowest BCUT2D eigenvalue weighted by Gasteiger charge is -2.03. The first-order valence-corrected chi connectivity index (χ1v) is 7.06. The number of carbonyl (C=O) groups is 2. The number of pyridine rings is 3. The second kappa shape index (κ2) is 6.27. The van der Waals surface area contributed by atoms with E-state index in [2.05, 4.69) is 15.0 Å². The van der Waals surface area contributed by atoms with Gasteiger partial charge >= 0.3 is 0 Å². The van der Waals surface area contributed by atoms with Gasteiger partial charge in [0.2, 0.25) is 0 Å². The molecule has 0 radical (unpaired) electrons. The van der Waals surface area contributed by atoms with Crippen LogP contribution in [-0.4, -0.2) is 26.5 Å². The van der Waals surface area contributed by atoms with Crippen molar-refractivity contribution in [3.8, 4) is 11.4 Å². The molecule has 0 N–H and O–H groups in total. The summed E-state index contributed by atoms with van der Waals surface area (Å²) in [6.45, 7) is 1.77. The average Bonchev–Trinajstić information content (AvgIpc) is 2.61. The van der Waals surface area contributed by atoms with Crippen LogP contribution in [0.25, 0.3) is 11.4 Å². The second-order valence-electron chi connectivity index (χ2n) is 4.95. The zero-order valence-corrected chi connectivity index (χ0v) is 12.4. The molecule has 3 rings (SSSR count). The molecule has 0 bridgehead atoms. The van der Waals surface area contributed by atoms with Crippen molar-refractivity contribution in [2.75, 3.05) is 0 Å². The summed E-state index contributed by atoms with van der Waals surface area (Å²) in [5.74, 6) is -1.35. The first-order valence-electron chi connectivity index (χ1n) is 7.06. The fourth-order valence-corrected chi connectivity index (χ4v) is 2.12. The quantitative estimate of drug-likeness (QED) is 0.547. The average molecular weight is 303 g/mol. The maximum absolute atomic E-state index is 12.4. The summed E-state index contributed by atoms with van der Waals surface area (Å²) in [6.07, 6.45) is 1.65. The molecule has 23 heavy (non-hydrogen) atoms. The number of aryl methyl sites for hydroxylation is 1. The molecule has 0 atom stereocenters. The topological polar surface area (TPSA) is 72.8 Å². The molecule has 5 heteroatoms. The summed E-state index contributed by atoms with van der Waals surface area (Å²) >= 11 is 0. The van der Waals surface area contributed by atoms with Crippen molar-refractivity contribution in [2.45, 2.75) is 6.92 Å². The van der Waals surface area contributed by atoms with Gasteiger partial charge in [0.1, 0.15) is 11.4 Å². The Morgan fingerprint density at radius 1 is 0.739 bits per heavy atom. The van der Waals surface area contributed by atoms with Crippen molar-refractivity contribution in [1.82, 2.24) is 15.0 Å². The predicted molar refractivity (Wildman–Crippen MR) is 85.1 cm³/mol. The van der Waals surface area contributed by atoms with E-state index < -0.39 is 11.6 Å². The van der Waals surface area contributed by atoms with Crippen molar-refractivity contribution >= 4 is 11.6 Å². The summed E-state index contributed by atoms with van der Waals surface area (Å²) in [5, 5.41) is 0. The number of Topliss-reactive ketones (excluding diaryl/α,β-unsaturated/α-hetero) is 2. The number of nitrogens with zero attached hydrogens (tertiary/aromatic N) is 3. The van der Waals surface area contributed by atoms with E-state index in [0.717, 1.165) is 0 Å². The van der Waals surface area contributed by atoms with Crippen molar-refractivity contribution < 1.29 is 9.59 Å². The SMILES string of the molecule is Cc1cccc(C(=O)C(=O)c2cccc(-c3ccccn3)n2)n1. The van der Waals surface area contributed by atoms with E-state index >= 15 is 0 Å². The van der Waals surface area contributed by atoms with Crippen molar-refractivity contribution in [3.05, 3.63) is 77.9 Å². The Morgan fingerprint density at radius 3 is 2.04 bits per heavy atom. The van der Waals surface area contributed by atoms with Gasteiger partial charge in [-0.05, 0) is 43.3 Å². The van der Waals surface area contributed by atoms with Gasteiger partial charge in [0.25, 0.3) is 11.6 Å². The highest BCUT2D eigenvalue weighted by atomic mass is 16.2. The van der Waals surface area contributed by atoms with Crippen molar-refractivity contribution in [2.24, 2.45) is 0 Å². The van der Waals surface area contributed by atoms with Crippen LogP contribution in [0.2, 0.25) is 0 Å². The molecule has 0 unspecified atom stereocenters. The van der Waals surface area contributed by atoms with Crippen LogP contribution in [0.4, 0.5) is 0 Å². The molecule has 112 valence electrons. The molecule has 0 aliphatic heterocycles. The summed E-state index contributed by atoms with van der Waals surface area (Å²) in [5.41, 5.74) is 2.07. The van der Waals surface area contributed by atoms with E-state index in [4.69, 9.17) is 0 Å². The predicted octanol–water partition coefficient (Wildman–Crippen LogP) is 2.91. The zero-order chi connectivity index (χ0) is 16.2. The molecule has 0 aliphatic rings. The normalized spacial score (nSPS) is 10.3. The van der Waals surface area contributed by atoms with Gasteiger partial charge in [-0.2, -0.15) is 0 Å². The van der Waals surface area contributed by atoms with Gasteiger partial charge in [-0.25, -0.2) is 9.97 Å². The summed E-state index contributed by atoms with van der Waals surface area (Å²) in [7, 11) is 0. The summed E-state index contributed by atoms with van der Waals surface area (Å²) < 4.78 is 0. The molecule has 3 aromatic heterocycles. The van der Waals surface area contributed by atoms with E-state index in [9.17, 15) is 9.59 Å². The van der Waals surface area contributed by atoms with E-state index in [0.29, 0.717) is 17.1 Å². The first kappa shape index (κ1) is 14.7. The Kier molecular flexibility index (Phi) is 4.01. The molecule has 0 saturated carbocycles. The fraction of sp³-hybridized carbons (Fsp3) is 0.0556. The zero-order valence-electron chi connectivity index (χ0n) is 12.4. The van der Waals surface area contributed by atoms with Crippen molar-refractivity contribution in [3.63, 3.8) is 0 Å². The van der Waals surface area contributed by atoms with Gasteiger partial charge < -0.3 is 0 Å². The number of hydrogen-bond donors (Lipinski definition) is 0. The van der Waals surface area contributed by atoms with Crippen LogP contribution in [0.1, 0.15) is 26.7 Å². The molecule has 5 nitrogen and oxygen atoms in total. The lowest BCUT2D eigenvalue weighted by molar-refractivity contribution is 0.0811. The van der Waals surface area contributed by atoms with E-state index in [1.165, 1.54) is 12.1 Å². The molecule has 3 heterocycles.